The fourth-order valence-corrected chi connectivity index (χ4v) is 1.20. The monoisotopic (exact) mass is 256 g/mol. The van der Waals surface area contributed by atoms with Gasteiger partial charge in [-0.25, -0.2) is 0 Å². The smallest absolute Gasteiger partial charge is 0.323 e. The van der Waals surface area contributed by atoms with E-state index in [1.807, 2.05) is 30.3 Å². The molecule has 1 rings (SSSR count). The minimum atomic E-state index is -1.50. The van der Waals surface area contributed by atoms with Crippen molar-refractivity contribution in [2.45, 2.75) is 19.4 Å². The van der Waals surface area contributed by atoms with Crippen LogP contribution in [0, 0.1) is 10.1 Å². The van der Waals surface area contributed by atoms with E-state index in [9.17, 15) is 4.79 Å². The van der Waals surface area contributed by atoms with Gasteiger partial charge in [0.25, 0.3) is 5.09 Å². The zero-order valence-corrected chi connectivity index (χ0v) is 9.98. The number of hydrogen-bond acceptors (Lipinski definition) is 5. The molecule has 0 spiro atoms. The third kappa shape index (κ3) is 8.05. The van der Waals surface area contributed by atoms with Crippen molar-refractivity contribution in [3.63, 3.8) is 0 Å². The molecule has 100 valence electrons. The molecular weight excluding hydrogens is 240 g/mol. The first kappa shape index (κ1) is 15.9. The van der Waals surface area contributed by atoms with Gasteiger partial charge in [-0.3, -0.25) is 4.79 Å². The molecule has 18 heavy (non-hydrogen) atoms. The molecule has 0 aliphatic heterocycles. The largest absolute Gasteiger partial charge is 0.465 e. The molecule has 7 heteroatoms. The van der Waals surface area contributed by atoms with Gasteiger partial charge in [0.15, 0.2) is 0 Å². The lowest BCUT2D eigenvalue weighted by molar-refractivity contribution is -0.742. The summed E-state index contributed by atoms with van der Waals surface area (Å²) in [6.45, 7) is 2.15. The summed E-state index contributed by atoms with van der Waals surface area (Å²) < 4.78 is 4.81. The van der Waals surface area contributed by atoms with Gasteiger partial charge in [0.2, 0.25) is 0 Å². The van der Waals surface area contributed by atoms with Crippen LogP contribution in [-0.4, -0.2) is 28.9 Å². The van der Waals surface area contributed by atoms with Crippen LogP contribution in [0.4, 0.5) is 0 Å². The Bertz CT molecular complexity index is 365. The topological polar surface area (TPSA) is 116 Å². The Labute approximate surface area is 104 Å². The average Bonchev–Trinajstić information content (AvgIpc) is 2.30. The third-order valence-corrected chi connectivity index (χ3v) is 1.89. The van der Waals surface area contributed by atoms with E-state index < -0.39 is 11.1 Å². The van der Waals surface area contributed by atoms with Crippen molar-refractivity contribution in [2.75, 3.05) is 6.61 Å². The number of ether oxygens (including phenoxy) is 1. The summed E-state index contributed by atoms with van der Waals surface area (Å²) in [6.07, 6.45) is 0.527. The Kier molecular flexibility index (Phi) is 7.87. The minimum Gasteiger partial charge on any atom is -0.465 e. The van der Waals surface area contributed by atoms with Gasteiger partial charge >= 0.3 is 5.97 Å². The predicted octanol–water partition coefficient (Wildman–Crippen LogP) is 0.772. The second-order valence-electron chi connectivity index (χ2n) is 3.29. The second-order valence-corrected chi connectivity index (χ2v) is 3.29. The SMILES string of the molecule is CCOC(=O)[C@@H](N)Cc1ccccc1.O=[N+]([O-])O. The number of benzene rings is 1. The van der Waals surface area contributed by atoms with Crippen LogP contribution in [0.15, 0.2) is 30.3 Å². The van der Waals surface area contributed by atoms with E-state index in [2.05, 4.69) is 0 Å². The van der Waals surface area contributed by atoms with E-state index in [1.54, 1.807) is 6.92 Å². The highest BCUT2D eigenvalue weighted by molar-refractivity contribution is 5.75. The highest BCUT2D eigenvalue weighted by Gasteiger charge is 2.14. The molecule has 1 aromatic carbocycles. The molecule has 3 N–H and O–H groups in total. The Hall–Kier alpha value is -2.15. The van der Waals surface area contributed by atoms with Gasteiger partial charge in [0.1, 0.15) is 6.04 Å². The van der Waals surface area contributed by atoms with Gasteiger partial charge in [-0.05, 0) is 18.9 Å². The van der Waals surface area contributed by atoms with E-state index in [4.69, 9.17) is 25.8 Å². The maximum Gasteiger partial charge on any atom is 0.323 e. The first-order chi connectivity index (χ1) is 8.47. The quantitative estimate of drug-likeness (QED) is 0.467. The molecule has 0 amide bonds. The zero-order valence-electron chi connectivity index (χ0n) is 9.98. The van der Waals surface area contributed by atoms with E-state index >= 15 is 0 Å². The molecule has 1 aromatic rings. The number of hydrogen-bond donors (Lipinski definition) is 2. The Morgan fingerprint density at radius 2 is 2.00 bits per heavy atom. The summed E-state index contributed by atoms with van der Waals surface area (Å²) in [5.41, 5.74) is 6.71. The van der Waals surface area contributed by atoms with Crippen molar-refractivity contribution in [1.29, 1.82) is 0 Å². The van der Waals surface area contributed by atoms with E-state index in [-0.39, 0.29) is 5.97 Å². The van der Waals surface area contributed by atoms with Crippen LogP contribution in [0.5, 0.6) is 0 Å². The standard InChI is InChI=1S/C11H15NO2.HNO3/c1-2-14-11(13)10(12)8-9-6-4-3-5-7-9;2-1(3)4/h3-7,10H,2,8,12H2,1H3;(H,2,3,4)/t10-;/m0./s1. The van der Waals surface area contributed by atoms with E-state index in [0.717, 1.165) is 5.56 Å². The molecule has 0 radical (unpaired) electrons. The van der Waals surface area contributed by atoms with Crippen LogP contribution < -0.4 is 5.73 Å². The fourth-order valence-electron chi connectivity index (χ4n) is 1.20. The number of carbonyl (C=O) groups excluding carboxylic acids is 1. The van der Waals surface area contributed by atoms with Crippen LogP contribution in [0.2, 0.25) is 0 Å². The van der Waals surface area contributed by atoms with Gasteiger partial charge in [-0.1, -0.05) is 30.3 Å². The third-order valence-electron chi connectivity index (χ3n) is 1.89. The van der Waals surface area contributed by atoms with Crippen molar-refractivity contribution in [3.05, 3.63) is 46.0 Å². The van der Waals surface area contributed by atoms with Crippen LogP contribution in [-0.2, 0) is 16.0 Å². The van der Waals surface area contributed by atoms with Crippen molar-refractivity contribution < 1.29 is 19.8 Å². The van der Waals surface area contributed by atoms with Crippen molar-refractivity contribution in [3.8, 4) is 0 Å². The number of nitrogens with zero attached hydrogens (tertiary/aromatic N) is 1. The molecule has 0 bridgehead atoms. The Morgan fingerprint density at radius 1 is 1.50 bits per heavy atom. The van der Waals surface area contributed by atoms with Gasteiger partial charge in [-0.15, -0.1) is 10.1 Å². The predicted molar refractivity (Wildman–Crippen MR) is 63.5 cm³/mol. The number of esters is 1. The highest BCUT2D eigenvalue weighted by Crippen LogP contribution is 2.02. The van der Waals surface area contributed by atoms with Gasteiger partial charge in [0, 0.05) is 0 Å². The second kappa shape index (κ2) is 8.94. The first-order valence-electron chi connectivity index (χ1n) is 5.26. The molecule has 0 aliphatic rings. The normalized spacial score (nSPS) is 10.8. The summed E-state index contributed by atoms with van der Waals surface area (Å²) >= 11 is 0. The Morgan fingerprint density at radius 3 is 2.44 bits per heavy atom. The fraction of sp³-hybridized carbons (Fsp3) is 0.364. The van der Waals surface area contributed by atoms with Crippen molar-refractivity contribution >= 4 is 5.97 Å². The molecule has 0 aromatic heterocycles. The molecule has 0 fully saturated rings. The molecular formula is C11H16N2O5. The maximum atomic E-state index is 11.2. The Balaban J connectivity index is 0.000000631. The van der Waals surface area contributed by atoms with Gasteiger partial charge in [-0.2, -0.15) is 0 Å². The number of carbonyl (C=O) groups is 1. The zero-order chi connectivity index (χ0) is 14.0. The lowest BCUT2D eigenvalue weighted by Crippen LogP contribution is -2.34. The summed E-state index contributed by atoms with van der Waals surface area (Å²) in [4.78, 5) is 19.6. The molecule has 0 saturated heterocycles. The number of nitrogens with two attached hydrogens (primary N) is 1. The first-order valence-corrected chi connectivity index (χ1v) is 5.26. The van der Waals surface area contributed by atoms with Crippen LogP contribution in [0.25, 0.3) is 0 Å². The summed E-state index contributed by atoms with van der Waals surface area (Å²) in [6, 6.07) is 9.11. The molecule has 0 aliphatic carbocycles. The lowest BCUT2D eigenvalue weighted by atomic mass is 10.1. The van der Waals surface area contributed by atoms with E-state index in [0.29, 0.717) is 13.0 Å². The summed E-state index contributed by atoms with van der Waals surface area (Å²) in [5.74, 6) is -0.337. The number of rotatable bonds is 4. The van der Waals surface area contributed by atoms with Crippen LogP contribution in [0.3, 0.4) is 0 Å². The maximum absolute atomic E-state index is 11.2. The van der Waals surface area contributed by atoms with Gasteiger partial charge < -0.3 is 15.7 Å². The minimum absolute atomic E-state index is 0.337. The molecule has 1 atom stereocenters. The summed E-state index contributed by atoms with van der Waals surface area (Å²) in [7, 11) is 0. The molecule has 0 unspecified atom stereocenters. The van der Waals surface area contributed by atoms with Gasteiger partial charge in [0.05, 0.1) is 6.61 Å². The molecule has 0 heterocycles. The molecule has 0 saturated carbocycles. The highest BCUT2D eigenvalue weighted by atomic mass is 16.9. The summed E-state index contributed by atoms with van der Waals surface area (Å²) in [5, 5.41) is 13.6. The van der Waals surface area contributed by atoms with E-state index in [1.165, 1.54) is 0 Å². The molecule has 7 nitrogen and oxygen atoms in total. The average molecular weight is 256 g/mol. The van der Waals surface area contributed by atoms with Crippen LogP contribution in [0.1, 0.15) is 12.5 Å². The van der Waals surface area contributed by atoms with Crippen molar-refractivity contribution in [2.24, 2.45) is 5.73 Å². The van der Waals surface area contributed by atoms with Crippen LogP contribution >= 0.6 is 0 Å². The van der Waals surface area contributed by atoms with Crippen molar-refractivity contribution in [1.82, 2.24) is 0 Å². The lowest BCUT2D eigenvalue weighted by Gasteiger charge is -2.09.